The van der Waals surface area contributed by atoms with E-state index in [2.05, 4.69) is 6.92 Å². The lowest BCUT2D eigenvalue weighted by Crippen LogP contribution is -2.43. The lowest BCUT2D eigenvalue weighted by Gasteiger charge is -2.30. The average Bonchev–Trinajstić information content (AvgIpc) is 1.80. The molecular weight excluding hydrogens is 129 g/mol. The third-order valence-electron chi connectivity index (χ3n) is 1.92. The number of rotatable bonds is 0. The molecule has 2 N–H and O–H groups in total. The first-order valence-electron chi connectivity index (χ1n) is 3.57. The van der Waals surface area contributed by atoms with Gasteiger partial charge in [0, 0.05) is 17.6 Å². The van der Waals surface area contributed by atoms with Crippen molar-refractivity contribution in [3.8, 4) is 0 Å². The molecule has 3 atom stereocenters. The van der Waals surface area contributed by atoms with Crippen LogP contribution in [0.4, 0.5) is 0 Å². The molecular formula is C6H14AlNO. The topological polar surface area (TPSA) is 35.2 Å². The Morgan fingerprint density at radius 2 is 2.33 bits per heavy atom. The molecule has 1 fully saturated rings. The molecule has 0 amide bonds. The van der Waals surface area contributed by atoms with Crippen molar-refractivity contribution in [2.75, 3.05) is 6.61 Å². The third kappa shape index (κ3) is 1.94. The molecule has 9 heavy (non-hydrogen) atoms. The van der Waals surface area contributed by atoms with Gasteiger partial charge in [0.05, 0.1) is 0 Å². The first-order valence-corrected chi connectivity index (χ1v) is 4.73. The highest BCUT2D eigenvalue weighted by Gasteiger charge is 2.21. The van der Waals surface area contributed by atoms with E-state index in [1.54, 1.807) is 0 Å². The first kappa shape index (κ1) is 7.56. The molecule has 0 radical (unpaired) electrons. The molecule has 1 heterocycles. The minimum atomic E-state index is 0.320. The third-order valence-corrected chi connectivity index (χ3v) is 3.11. The summed E-state index contributed by atoms with van der Waals surface area (Å²) >= 11 is 1.08. The lowest BCUT2D eigenvalue weighted by molar-refractivity contribution is 0.0211. The minimum absolute atomic E-state index is 0.320. The summed E-state index contributed by atoms with van der Waals surface area (Å²) in [5, 5.41) is 0. The first-order chi connectivity index (χ1) is 4.20. The van der Waals surface area contributed by atoms with Gasteiger partial charge in [0.15, 0.2) is 0 Å². The Kier molecular flexibility index (Phi) is 2.54. The summed E-state index contributed by atoms with van der Waals surface area (Å²) in [5.41, 5.74) is 5.78. The van der Waals surface area contributed by atoms with E-state index in [0.29, 0.717) is 16.9 Å². The minimum Gasteiger partial charge on any atom is -0.392 e. The molecule has 0 saturated carbocycles. The summed E-state index contributed by atoms with van der Waals surface area (Å²) in [7, 11) is 0. The Bertz CT molecular complexity index is 99.1. The second-order valence-corrected chi connectivity index (χ2v) is 4.18. The highest BCUT2D eigenvalue weighted by Crippen LogP contribution is 2.14. The number of nitrogens with two attached hydrogens (primary N) is 1. The fourth-order valence-corrected chi connectivity index (χ4v) is 1.63. The SMILES string of the molecule is C[C@@H]1CO[C@@H]([AlH2])[C@H](N)C1. The maximum atomic E-state index is 5.78. The highest BCUT2D eigenvalue weighted by molar-refractivity contribution is 6.11. The molecule has 2 nitrogen and oxygen atoms in total. The van der Waals surface area contributed by atoms with Gasteiger partial charge in [-0.2, -0.15) is 0 Å². The normalized spacial score (nSPS) is 44.9. The Morgan fingerprint density at radius 1 is 1.67 bits per heavy atom. The molecule has 1 saturated heterocycles. The fraction of sp³-hybridized carbons (Fsp3) is 1.00. The summed E-state index contributed by atoms with van der Waals surface area (Å²) in [6.07, 6.45) is 1.15. The van der Waals surface area contributed by atoms with Crippen molar-refractivity contribution in [1.82, 2.24) is 0 Å². The fourth-order valence-electron chi connectivity index (χ4n) is 1.16. The Balaban J connectivity index is 2.35. The Hall–Kier alpha value is 0.452. The summed E-state index contributed by atoms with van der Waals surface area (Å²) in [5.74, 6) is 0.671. The lowest BCUT2D eigenvalue weighted by atomic mass is 10.0. The monoisotopic (exact) mass is 143 g/mol. The Morgan fingerprint density at radius 3 is 2.78 bits per heavy atom. The molecule has 0 bridgehead atoms. The molecule has 0 aliphatic carbocycles. The molecule has 0 aromatic rings. The zero-order chi connectivity index (χ0) is 6.85. The van der Waals surface area contributed by atoms with E-state index in [9.17, 15) is 0 Å². The van der Waals surface area contributed by atoms with Crippen LogP contribution in [0, 0.1) is 5.92 Å². The number of hydrogen-bond acceptors (Lipinski definition) is 2. The van der Waals surface area contributed by atoms with Gasteiger partial charge in [-0.15, -0.1) is 0 Å². The molecule has 3 heteroatoms. The second kappa shape index (κ2) is 3.03. The van der Waals surface area contributed by atoms with Crippen LogP contribution in [-0.2, 0) is 4.74 Å². The zero-order valence-electron chi connectivity index (χ0n) is 6.13. The van der Waals surface area contributed by atoms with Crippen molar-refractivity contribution >= 4 is 16.3 Å². The van der Waals surface area contributed by atoms with Crippen molar-refractivity contribution < 1.29 is 4.74 Å². The van der Waals surface area contributed by atoms with E-state index in [0.717, 1.165) is 29.3 Å². The van der Waals surface area contributed by atoms with Gasteiger partial charge in [-0.25, -0.2) is 0 Å². The molecule has 1 aliphatic rings. The van der Waals surface area contributed by atoms with E-state index >= 15 is 0 Å². The van der Waals surface area contributed by atoms with Crippen molar-refractivity contribution in [1.29, 1.82) is 0 Å². The Labute approximate surface area is 64.2 Å². The average molecular weight is 143 g/mol. The van der Waals surface area contributed by atoms with Crippen LogP contribution in [-0.4, -0.2) is 33.9 Å². The van der Waals surface area contributed by atoms with E-state index in [1.165, 1.54) is 0 Å². The van der Waals surface area contributed by atoms with Crippen LogP contribution >= 0.6 is 0 Å². The standard InChI is InChI=1S/C6H12NO.Al.2H/c1-5-2-6(7)4-8-3-5;;;/h4-6H,2-3,7H2,1H3;;;/t5-,6+;;;/m0.../s1. The van der Waals surface area contributed by atoms with Crippen LogP contribution in [0.2, 0.25) is 0 Å². The van der Waals surface area contributed by atoms with E-state index in [-0.39, 0.29) is 0 Å². The molecule has 0 spiro atoms. The van der Waals surface area contributed by atoms with Crippen LogP contribution in [0.3, 0.4) is 0 Å². The maximum Gasteiger partial charge on any atom is 0.261 e. The molecule has 0 aromatic carbocycles. The van der Waals surface area contributed by atoms with Gasteiger partial charge < -0.3 is 10.5 Å². The van der Waals surface area contributed by atoms with Gasteiger partial charge in [-0.3, -0.25) is 0 Å². The number of ether oxygens (including phenoxy) is 1. The van der Waals surface area contributed by atoms with Gasteiger partial charge in [0.1, 0.15) is 0 Å². The van der Waals surface area contributed by atoms with Crippen molar-refractivity contribution in [2.45, 2.75) is 24.4 Å². The summed E-state index contributed by atoms with van der Waals surface area (Å²) in [6.45, 7) is 3.11. The molecule has 1 rings (SSSR count). The summed E-state index contributed by atoms with van der Waals surface area (Å²) in [4.78, 5) is 0.404. The molecule has 0 aromatic heterocycles. The predicted octanol–water partition coefficient (Wildman–Crippen LogP) is -0.671. The predicted molar refractivity (Wildman–Crippen MR) is 40.0 cm³/mol. The van der Waals surface area contributed by atoms with Crippen LogP contribution in [0.1, 0.15) is 13.3 Å². The van der Waals surface area contributed by atoms with Crippen LogP contribution in [0.15, 0.2) is 0 Å². The van der Waals surface area contributed by atoms with Crippen molar-refractivity contribution in [2.24, 2.45) is 11.7 Å². The van der Waals surface area contributed by atoms with Gasteiger partial charge >= 0.3 is 0 Å². The van der Waals surface area contributed by atoms with Crippen LogP contribution < -0.4 is 5.73 Å². The van der Waals surface area contributed by atoms with Gasteiger partial charge in [-0.05, 0) is 12.3 Å². The quantitative estimate of drug-likeness (QED) is 0.456. The summed E-state index contributed by atoms with van der Waals surface area (Å²) in [6, 6.07) is 0.320. The van der Waals surface area contributed by atoms with Crippen LogP contribution in [0.5, 0.6) is 0 Å². The smallest absolute Gasteiger partial charge is 0.261 e. The van der Waals surface area contributed by atoms with E-state index in [1.807, 2.05) is 0 Å². The largest absolute Gasteiger partial charge is 0.392 e. The van der Waals surface area contributed by atoms with Crippen molar-refractivity contribution in [3.63, 3.8) is 0 Å². The second-order valence-electron chi connectivity index (χ2n) is 3.04. The van der Waals surface area contributed by atoms with E-state index in [4.69, 9.17) is 10.5 Å². The van der Waals surface area contributed by atoms with Crippen molar-refractivity contribution in [3.05, 3.63) is 0 Å². The van der Waals surface area contributed by atoms with E-state index < -0.39 is 0 Å². The van der Waals surface area contributed by atoms with Crippen LogP contribution in [0.25, 0.3) is 0 Å². The highest BCUT2D eigenvalue weighted by atomic mass is 27.0. The van der Waals surface area contributed by atoms with Gasteiger partial charge in [0.2, 0.25) is 0 Å². The summed E-state index contributed by atoms with van der Waals surface area (Å²) < 4.78 is 5.44. The molecule has 1 aliphatic heterocycles. The molecule has 52 valence electrons. The maximum absolute atomic E-state index is 5.78. The van der Waals surface area contributed by atoms with Gasteiger partial charge in [-0.1, -0.05) is 6.92 Å². The van der Waals surface area contributed by atoms with Gasteiger partial charge in [0.25, 0.3) is 16.3 Å². The molecule has 0 unspecified atom stereocenters. The zero-order valence-corrected chi connectivity index (χ0v) is 8.13. The number of hydrogen-bond donors (Lipinski definition) is 1.